The molecule has 0 aliphatic heterocycles. The summed E-state index contributed by atoms with van der Waals surface area (Å²) in [6.45, 7) is 3.74. The number of benzene rings is 1. The molecule has 20 heavy (non-hydrogen) atoms. The third-order valence-corrected chi connectivity index (χ3v) is 3.16. The van der Waals surface area contributed by atoms with Crippen molar-refractivity contribution in [2.75, 3.05) is 10.7 Å². The summed E-state index contributed by atoms with van der Waals surface area (Å²) in [6, 6.07) is 4.09. The van der Waals surface area contributed by atoms with Gasteiger partial charge in [0, 0.05) is 12.0 Å². The zero-order valence-electron chi connectivity index (χ0n) is 11.2. The van der Waals surface area contributed by atoms with E-state index in [0.717, 1.165) is 5.56 Å². The second kappa shape index (κ2) is 6.02. The third kappa shape index (κ3) is 2.97. The van der Waals surface area contributed by atoms with Crippen LogP contribution in [-0.2, 0) is 6.42 Å². The molecule has 0 aliphatic carbocycles. The van der Waals surface area contributed by atoms with Crippen LogP contribution in [0.1, 0.15) is 18.3 Å². The van der Waals surface area contributed by atoms with Gasteiger partial charge in [-0.2, -0.15) is 0 Å². The first kappa shape index (κ1) is 14.5. The first-order valence-corrected chi connectivity index (χ1v) is 6.49. The van der Waals surface area contributed by atoms with E-state index in [1.807, 2.05) is 13.8 Å². The molecule has 0 unspecified atom stereocenters. The van der Waals surface area contributed by atoms with E-state index in [4.69, 9.17) is 17.4 Å². The Labute approximate surface area is 121 Å². The van der Waals surface area contributed by atoms with Crippen LogP contribution in [0.25, 0.3) is 0 Å². The van der Waals surface area contributed by atoms with Gasteiger partial charge in [-0.3, -0.25) is 0 Å². The lowest BCUT2D eigenvalue weighted by Crippen LogP contribution is -2.14. The molecule has 0 aliphatic rings. The molecule has 1 aromatic carbocycles. The summed E-state index contributed by atoms with van der Waals surface area (Å²) < 4.78 is 13.3. The van der Waals surface area contributed by atoms with Gasteiger partial charge in [-0.05, 0) is 25.1 Å². The summed E-state index contributed by atoms with van der Waals surface area (Å²) in [4.78, 5) is 8.62. The second-order valence-electron chi connectivity index (χ2n) is 4.21. The number of anilines is 3. The van der Waals surface area contributed by atoms with Crippen LogP contribution in [0.3, 0.4) is 0 Å². The Morgan fingerprint density at radius 2 is 2.00 bits per heavy atom. The minimum Gasteiger partial charge on any atom is -0.339 e. The minimum absolute atomic E-state index is 0.378. The summed E-state index contributed by atoms with van der Waals surface area (Å²) in [5, 5.41) is 3.42. The van der Waals surface area contributed by atoms with Crippen molar-refractivity contribution in [3.63, 3.8) is 0 Å². The molecule has 0 saturated carbocycles. The van der Waals surface area contributed by atoms with E-state index in [-0.39, 0.29) is 5.82 Å². The van der Waals surface area contributed by atoms with Gasteiger partial charge in [0.2, 0.25) is 0 Å². The Morgan fingerprint density at radius 3 is 2.65 bits per heavy atom. The van der Waals surface area contributed by atoms with Gasteiger partial charge in [-0.15, -0.1) is 0 Å². The fraction of sp³-hybridized carbons (Fsp3) is 0.231. The molecular weight excluding hydrogens is 281 g/mol. The molecule has 106 valence electrons. The van der Waals surface area contributed by atoms with Crippen LogP contribution in [-0.4, -0.2) is 9.97 Å². The number of hydrazine groups is 1. The third-order valence-electron chi connectivity index (χ3n) is 2.83. The molecule has 0 bridgehead atoms. The molecule has 1 aromatic heterocycles. The Hall–Kier alpha value is -1.92. The highest BCUT2D eigenvalue weighted by Gasteiger charge is 2.11. The van der Waals surface area contributed by atoms with Crippen molar-refractivity contribution in [3.05, 3.63) is 40.4 Å². The predicted octanol–water partition coefficient (Wildman–Crippen LogP) is 3.17. The number of aryl methyl sites for hydroxylation is 1. The summed E-state index contributed by atoms with van der Waals surface area (Å²) in [5.74, 6) is 6.74. The molecular formula is C13H15ClFN5. The first-order valence-electron chi connectivity index (χ1n) is 6.11. The maximum atomic E-state index is 13.3. The van der Waals surface area contributed by atoms with Gasteiger partial charge in [-0.1, -0.05) is 18.5 Å². The van der Waals surface area contributed by atoms with Gasteiger partial charge in [-0.25, -0.2) is 20.2 Å². The van der Waals surface area contributed by atoms with Crippen LogP contribution in [0, 0.1) is 12.7 Å². The molecule has 5 nitrogen and oxygen atoms in total. The fourth-order valence-electron chi connectivity index (χ4n) is 1.70. The lowest BCUT2D eigenvalue weighted by Gasteiger charge is -2.14. The quantitative estimate of drug-likeness (QED) is 0.596. The minimum atomic E-state index is -0.378. The topological polar surface area (TPSA) is 75.9 Å². The van der Waals surface area contributed by atoms with E-state index in [2.05, 4.69) is 20.7 Å². The lowest BCUT2D eigenvalue weighted by molar-refractivity contribution is 0.628. The number of halogens is 2. The van der Waals surface area contributed by atoms with E-state index < -0.39 is 0 Å². The SMILES string of the molecule is CCc1nc(NN)c(C)c(Nc2cc(F)ccc2Cl)n1. The van der Waals surface area contributed by atoms with Crippen LogP contribution in [0.15, 0.2) is 18.2 Å². The van der Waals surface area contributed by atoms with Gasteiger partial charge in [0.1, 0.15) is 23.3 Å². The number of nitrogen functional groups attached to an aromatic ring is 1. The van der Waals surface area contributed by atoms with Crippen LogP contribution < -0.4 is 16.6 Å². The van der Waals surface area contributed by atoms with Crippen LogP contribution in [0.5, 0.6) is 0 Å². The zero-order valence-corrected chi connectivity index (χ0v) is 11.9. The van der Waals surface area contributed by atoms with Crippen molar-refractivity contribution < 1.29 is 4.39 Å². The highest BCUT2D eigenvalue weighted by molar-refractivity contribution is 6.33. The number of nitrogens with zero attached hydrogens (tertiary/aromatic N) is 2. The molecule has 0 radical (unpaired) electrons. The van der Waals surface area contributed by atoms with E-state index in [9.17, 15) is 4.39 Å². The van der Waals surface area contributed by atoms with Crippen molar-refractivity contribution in [3.8, 4) is 0 Å². The first-order chi connectivity index (χ1) is 9.55. The standard InChI is InChI=1S/C13H15ClFN5/c1-3-11-18-12(7(2)13(19-11)20-16)17-10-6-8(15)4-5-9(10)14/h4-6H,3,16H2,1-2H3,(H2,17,18,19,20). The lowest BCUT2D eigenvalue weighted by atomic mass is 10.2. The molecule has 2 rings (SSSR count). The normalized spacial score (nSPS) is 10.4. The number of aromatic nitrogens is 2. The number of rotatable bonds is 4. The zero-order chi connectivity index (χ0) is 14.7. The van der Waals surface area contributed by atoms with Crippen molar-refractivity contribution in [1.82, 2.24) is 9.97 Å². The maximum absolute atomic E-state index is 13.3. The molecule has 0 atom stereocenters. The number of hydrogen-bond donors (Lipinski definition) is 3. The maximum Gasteiger partial charge on any atom is 0.148 e. The van der Waals surface area contributed by atoms with Crippen LogP contribution in [0.4, 0.5) is 21.7 Å². The van der Waals surface area contributed by atoms with Crippen molar-refractivity contribution in [2.24, 2.45) is 5.84 Å². The van der Waals surface area contributed by atoms with E-state index >= 15 is 0 Å². The fourth-order valence-corrected chi connectivity index (χ4v) is 1.87. The Morgan fingerprint density at radius 1 is 1.30 bits per heavy atom. The Balaban J connectivity index is 2.44. The number of hydrogen-bond acceptors (Lipinski definition) is 5. The van der Waals surface area contributed by atoms with E-state index in [1.165, 1.54) is 18.2 Å². The summed E-state index contributed by atoms with van der Waals surface area (Å²) >= 11 is 6.03. The average Bonchev–Trinajstić information content (AvgIpc) is 2.45. The van der Waals surface area contributed by atoms with Crippen molar-refractivity contribution in [2.45, 2.75) is 20.3 Å². The van der Waals surface area contributed by atoms with Gasteiger partial charge in [0.15, 0.2) is 0 Å². The van der Waals surface area contributed by atoms with Crippen molar-refractivity contribution >= 4 is 28.9 Å². The molecule has 7 heteroatoms. The largest absolute Gasteiger partial charge is 0.339 e. The van der Waals surface area contributed by atoms with E-state index in [1.54, 1.807) is 0 Å². The van der Waals surface area contributed by atoms with Gasteiger partial charge >= 0.3 is 0 Å². The van der Waals surface area contributed by atoms with Gasteiger partial charge in [0.25, 0.3) is 0 Å². The predicted molar refractivity (Wildman–Crippen MR) is 78.6 cm³/mol. The van der Waals surface area contributed by atoms with E-state index in [0.29, 0.717) is 34.6 Å². The molecule has 0 amide bonds. The molecule has 2 aromatic rings. The molecule has 0 saturated heterocycles. The molecule has 4 N–H and O–H groups in total. The number of nitrogens with one attached hydrogen (secondary N) is 2. The van der Waals surface area contributed by atoms with Crippen LogP contribution >= 0.6 is 11.6 Å². The highest BCUT2D eigenvalue weighted by atomic mass is 35.5. The monoisotopic (exact) mass is 295 g/mol. The van der Waals surface area contributed by atoms with Gasteiger partial charge < -0.3 is 10.7 Å². The summed E-state index contributed by atoms with van der Waals surface area (Å²) in [6.07, 6.45) is 0.653. The highest BCUT2D eigenvalue weighted by Crippen LogP contribution is 2.28. The van der Waals surface area contributed by atoms with Gasteiger partial charge in [0.05, 0.1) is 10.7 Å². The van der Waals surface area contributed by atoms with Crippen molar-refractivity contribution in [1.29, 1.82) is 0 Å². The smallest absolute Gasteiger partial charge is 0.148 e. The Bertz CT molecular complexity index is 632. The Kier molecular flexibility index (Phi) is 4.36. The summed E-state index contributed by atoms with van der Waals surface area (Å²) in [7, 11) is 0. The molecule has 1 heterocycles. The second-order valence-corrected chi connectivity index (χ2v) is 4.62. The summed E-state index contributed by atoms with van der Waals surface area (Å²) in [5.41, 5.74) is 3.69. The van der Waals surface area contributed by atoms with Crippen LogP contribution in [0.2, 0.25) is 5.02 Å². The molecule has 0 spiro atoms. The number of nitrogens with two attached hydrogens (primary N) is 1. The molecule has 0 fully saturated rings. The average molecular weight is 296 g/mol.